The minimum absolute atomic E-state index is 0.187. The van der Waals surface area contributed by atoms with Crippen molar-refractivity contribution >= 4 is 11.8 Å². The van der Waals surface area contributed by atoms with Gasteiger partial charge in [0.25, 0.3) is 0 Å². The van der Waals surface area contributed by atoms with Gasteiger partial charge < -0.3 is 5.73 Å². The van der Waals surface area contributed by atoms with Crippen molar-refractivity contribution in [3.05, 3.63) is 29.8 Å². The lowest BCUT2D eigenvalue weighted by Crippen LogP contribution is -2.38. The highest BCUT2D eigenvalue weighted by molar-refractivity contribution is 8.00. The molecule has 0 saturated heterocycles. The summed E-state index contributed by atoms with van der Waals surface area (Å²) >= 11 is 1.90. The van der Waals surface area contributed by atoms with Gasteiger partial charge in [-0.2, -0.15) is 0 Å². The highest BCUT2D eigenvalue weighted by Gasteiger charge is 2.28. The number of hydrogen-bond donors (Lipinski definition) is 1. The number of rotatable bonds is 3. The molecule has 0 spiro atoms. The Labute approximate surface area is 123 Å². The Morgan fingerprint density at radius 3 is 1.74 bits per heavy atom. The maximum atomic E-state index is 6.15. The van der Waals surface area contributed by atoms with E-state index in [9.17, 15) is 0 Å². The van der Waals surface area contributed by atoms with Crippen molar-refractivity contribution in [1.82, 2.24) is 0 Å². The minimum atomic E-state index is 0.187. The van der Waals surface area contributed by atoms with Gasteiger partial charge in [0.05, 0.1) is 0 Å². The lowest BCUT2D eigenvalue weighted by atomic mass is 9.87. The fraction of sp³-hybridized carbons (Fsp3) is 0.647. The zero-order valence-corrected chi connectivity index (χ0v) is 14.3. The summed E-state index contributed by atoms with van der Waals surface area (Å²) in [6.07, 6.45) is 0. The highest BCUT2D eigenvalue weighted by atomic mass is 32.2. The van der Waals surface area contributed by atoms with E-state index in [-0.39, 0.29) is 16.9 Å². The van der Waals surface area contributed by atoms with Crippen LogP contribution in [-0.4, -0.2) is 11.3 Å². The van der Waals surface area contributed by atoms with E-state index in [1.54, 1.807) is 0 Å². The molecule has 1 nitrogen and oxygen atoms in total. The quantitative estimate of drug-likeness (QED) is 0.801. The standard InChI is InChI=1S/C17H29NS/c1-12(18)15(17(5,6)7)19-14-10-8-13(9-11-14)16(2,3)4/h8-12,15H,18H2,1-7H3. The molecule has 2 heteroatoms. The molecule has 0 bridgehead atoms. The van der Waals surface area contributed by atoms with Gasteiger partial charge in [-0.1, -0.05) is 53.7 Å². The van der Waals surface area contributed by atoms with Crippen LogP contribution in [0.2, 0.25) is 0 Å². The average molecular weight is 279 g/mol. The number of hydrogen-bond acceptors (Lipinski definition) is 2. The van der Waals surface area contributed by atoms with Crippen molar-refractivity contribution in [3.63, 3.8) is 0 Å². The fourth-order valence-corrected chi connectivity index (χ4v) is 3.41. The largest absolute Gasteiger partial charge is 0.327 e. The third-order valence-corrected chi connectivity index (χ3v) is 5.25. The molecule has 0 aliphatic rings. The SMILES string of the molecule is CC(N)C(Sc1ccc(C(C)(C)C)cc1)C(C)(C)C. The van der Waals surface area contributed by atoms with E-state index >= 15 is 0 Å². The molecule has 0 aliphatic carbocycles. The van der Waals surface area contributed by atoms with Crippen LogP contribution in [0.5, 0.6) is 0 Å². The summed E-state index contributed by atoms with van der Waals surface area (Å²) in [5, 5.41) is 0.424. The van der Waals surface area contributed by atoms with Crippen molar-refractivity contribution in [2.45, 2.75) is 70.1 Å². The maximum absolute atomic E-state index is 6.15. The first kappa shape index (κ1) is 16.6. The predicted octanol–water partition coefficient (Wildman–Crippen LogP) is 4.84. The normalized spacial score (nSPS) is 16.2. The molecule has 0 radical (unpaired) electrons. The Hall–Kier alpha value is -0.470. The monoisotopic (exact) mass is 279 g/mol. The molecule has 0 aliphatic heterocycles. The Morgan fingerprint density at radius 1 is 0.947 bits per heavy atom. The molecule has 0 amide bonds. The molecule has 0 aromatic heterocycles. The van der Waals surface area contributed by atoms with Crippen LogP contribution in [0, 0.1) is 5.41 Å². The summed E-state index contributed by atoms with van der Waals surface area (Å²) in [4.78, 5) is 1.31. The van der Waals surface area contributed by atoms with E-state index in [2.05, 4.69) is 72.7 Å². The van der Waals surface area contributed by atoms with Crippen LogP contribution in [0.25, 0.3) is 0 Å². The minimum Gasteiger partial charge on any atom is -0.327 e. The van der Waals surface area contributed by atoms with Gasteiger partial charge in [0.2, 0.25) is 0 Å². The second kappa shape index (κ2) is 5.88. The smallest absolute Gasteiger partial charge is 0.0291 e. The Bertz CT molecular complexity index is 393. The van der Waals surface area contributed by atoms with Crippen molar-refractivity contribution in [2.24, 2.45) is 11.1 Å². The number of nitrogens with two attached hydrogens (primary N) is 1. The van der Waals surface area contributed by atoms with E-state index in [0.717, 1.165) is 0 Å². The Kier molecular flexibility index (Phi) is 5.14. The van der Waals surface area contributed by atoms with Gasteiger partial charge >= 0.3 is 0 Å². The average Bonchev–Trinajstić information content (AvgIpc) is 2.23. The molecule has 0 saturated carbocycles. The van der Waals surface area contributed by atoms with E-state index in [1.165, 1.54) is 10.5 Å². The van der Waals surface area contributed by atoms with Crippen molar-refractivity contribution in [2.75, 3.05) is 0 Å². The highest BCUT2D eigenvalue weighted by Crippen LogP contribution is 2.37. The van der Waals surface area contributed by atoms with Crippen LogP contribution < -0.4 is 5.73 Å². The van der Waals surface area contributed by atoms with Crippen LogP contribution in [0.1, 0.15) is 54.0 Å². The molecule has 0 heterocycles. The number of benzene rings is 1. The molecule has 0 fully saturated rings. The van der Waals surface area contributed by atoms with Crippen LogP contribution >= 0.6 is 11.8 Å². The summed E-state index contributed by atoms with van der Waals surface area (Å²) in [6.45, 7) is 15.6. The van der Waals surface area contributed by atoms with Gasteiger partial charge in [0.1, 0.15) is 0 Å². The molecule has 2 atom stereocenters. The Balaban J connectivity index is 2.88. The molecule has 19 heavy (non-hydrogen) atoms. The van der Waals surface area contributed by atoms with Gasteiger partial charge in [-0.05, 0) is 35.4 Å². The van der Waals surface area contributed by atoms with E-state index in [0.29, 0.717) is 5.25 Å². The van der Waals surface area contributed by atoms with Gasteiger partial charge in [0.15, 0.2) is 0 Å². The third kappa shape index (κ3) is 4.85. The first-order valence-corrected chi connectivity index (χ1v) is 7.92. The summed E-state index contributed by atoms with van der Waals surface area (Å²) in [7, 11) is 0. The molecule has 2 N–H and O–H groups in total. The van der Waals surface area contributed by atoms with Crippen LogP contribution in [0.15, 0.2) is 29.2 Å². The van der Waals surface area contributed by atoms with Crippen LogP contribution in [0.4, 0.5) is 0 Å². The Morgan fingerprint density at radius 2 is 1.42 bits per heavy atom. The zero-order valence-electron chi connectivity index (χ0n) is 13.4. The second-order valence-electron chi connectivity index (χ2n) is 7.54. The maximum Gasteiger partial charge on any atom is 0.0291 e. The zero-order chi connectivity index (χ0) is 14.8. The second-order valence-corrected chi connectivity index (χ2v) is 8.75. The summed E-state index contributed by atoms with van der Waals surface area (Å²) in [5.74, 6) is 0. The van der Waals surface area contributed by atoms with Crippen molar-refractivity contribution < 1.29 is 0 Å². The van der Waals surface area contributed by atoms with Crippen molar-refractivity contribution in [1.29, 1.82) is 0 Å². The first-order chi connectivity index (χ1) is 8.51. The summed E-state index contributed by atoms with van der Waals surface area (Å²) in [5.41, 5.74) is 7.95. The molecule has 108 valence electrons. The lowest BCUT2D eigenvalue weighted by Gasteiger charge is -2.33. The molecule has 2 unspecified atom stereocenters. The van der Waals surface area contributed by atoms with E-state index in [1.807, 2.05) is 11.8 Å². The van der Waals surface area contributed by atoms with E-state index < -0.39 is 0 Å². The molecular weight excluding hydrogens is 250 g/mol. The summed E-state index contributed by atoms with van der Waals surface area (Å²) in [6, 6.07) is 9.12. The first-order valence-electron chi connectivity index (χ1n) is 7.04. The van der Waals surface area contributed by atoms with E-state index in [4.69, 9.17) is 5.73 Å². The van der Waals surface area contributed by atoms with Crippen LogP contribution in [-0.2, 0) is 5.41 Å². The molecule has 1 rings (SSSR count). The molecule has 1 aromatic carbocycles. The van der Waals surface area contributed by atoms with Gasteiger partial charge in [-0.15, -0.1) is 11.8 Å². The molecular formula is C17H29NS. The third-order valence-electron chi connectivity index (χ3n) is 3.31. The predicted molar refractivity (Wildman–Crippen MR) is 87.9 cm³/mol. The van der Waals surface area contributed by atoms with Crippen LogP contribution in [0.3, 0.4) is 0 Å². The van der Waals surface area contributed by atoms with Crippen molar-refractivity contribution in [3.8, 4) is 0 Å². The molecule has 1 aromatic rings. The lowest BCUT2D eigenvalue weighted by molar-refractivity contribution is 0.363. The number of thioether (sulfide) groups is 1. The topological polar surface area (TPSA) is 26.0 Å². The van der Waals surface area contributed by atoms with Gasteiger partial charge in [-0.25, -0.2) is 0 Å². The van der Waals surface area contributed by atoms with Gasteiger partial charge in [-0.3, -0.25) is 0 Å². The summed E-state index contributed by atoms with van der Waals surface area (Å²) < 4.78 is 0. The van der Waals surface area contributed by atoms with Gasteiger partial charge in [0, 0.05) is 16.2 Å². The fourth-order valence-electron chi connectivity index (χ4n) is 2.25.